The molecule has 0 amide bonds. The molecule has 0 atom stereocenters. The maximum Gasteiger partial charge on any atom is 0.309 e. The number of esters is 1. The summed E-state index contributed by atoms with van der Waals surface area (Å²) in [6.45, 7) is 5.29. The van der Waals surface area contributed by atoms with E-state index in [1.54, 1.807) is 25.1 Å². The lowest BCUT2D eigenvalue weighted by atomic mass is 10.1. The van der Waals surface area contributed by atoms with Crippen LogP contribution in [0.3, 0.4) is 0 Å². The molecule has 9 heteroatoms. The Labute approximate surface area is 193 Å². The lowest BCUT2D eigenvalue weighted by molar-refractivity contribution is -0.143. The first-order chi connectivity index (χ1) is 15.6. The number of aryl methyl sites for hydroxylation is 2. The van der Waals surface area contributed by atoms with Crippen LogP contribution in [0, 0.1) is 20.8 Å². The van der Waals surface area contributed by atoms with Crippen LogP contribution in [0.25, 0.3) is 5.69 Å². The molecule has 0 aliphatic carbocycles. The monoisotopic (exact) mass is 470 g/mol. The first-order valence-corrected chi connectivity index (χ1v) is 11.8. The van der Waals surface area contributed by atoms with Crippen molar-refractivity contribution in [2.45, 2.75) is 32.1 Å². The predicted molar refractivity (Wildman–Crippen MR) is 123 cm³/mol. The molecule has 0 radical (unpaired) electrons. The molecule has 1 aromatic heterocycles. The zero-order valence-electron chi connectivity index (χ0n) is 18.7. The Hall–Kier alpha value is -3.43. The number of sulfonamides is 1. The molecular formula is C24H26N2O6S. The summed E-state index contributed by atoms with van der Waals surface area (Å²) in [5.74, 6) is -0.154. The van der Waals surface area contributed by atoms with E-state index in [0.29, 0.717) is 22.7 Å². The Balaban J connectivity index is 1.60. The minimum absolute atomic E-state index is 0.00308. The molecule has 0 saturated heterocycles. The van der Waals surface area contributed by atoms with Gasteiger partial charge in [0.15, 0.2) is 6.61 Å². The van der Waals surface area contributed by atoms with E-state index in [9.17, 15) is 18.0 Å². The molecular weight excluding hydrogens is 444 g/mol. The SMILES string of the molecule is Cc1ccccc1OCCC(=O)OCC(=O)c1cc(C)n(-c2ccc(S(N)(=O)=O)cc2)c1C. The van der Waals surface area contributed by atoms with Crippen molar-refractivity contribution in [2.75, 3.05) is 13.2 Å². The number of primary sulfonamides is 1. The highest BCUT2D eigenvalue weighted by atomic mass is 32.2. The molecule has 0 spiro atoms. The number of aromatic nitrogens is 1. The molecule has 0 aliphatic heterocycles. The molecule has 0 fully saturated rings. The third-order valence-corrected chi connectivity index (χ3v) is 6.11. The number of para-hydroxylation sites is 1. The van der Waals surface area contributed by atoms with E-state index in [1.165, 1.54) is 12.1 Å². The average molecular weight is 471 g/mol. The predicted octanol–water partition coefficient (Wildman–Crippen LogP) is 3.24. The first-order valence-electron chi connectivity index (χ1n) is 10.3. The van der Waals surface area contributed by atoms with E-state index in [1.807, 2.05) is 42.7 Å². The Kier molecular flexibility index (Phi) is 7.35. The second-order valence-corrected chi connectivity index (χ2v) is 9.17. The van der Waals surface area contributed by atoms with Gasteiger partial charge in [0.1, 0.15) is 5.75 Å². The fraction of sp³-hybridized carbons (Fsp3) is 0.250. The van der Waals surface area contributed by atoms with Gasteiger partial charge in [-0.05, 0) is 62.7 Å². The van der Waals surface area contributed by atoms with Crippen LogP contribution in [-0.4, -0.2) is 38.0 Å². The molecule has 1 heterocycles. The molecule has 33 heavy (non-hydrogen) atoms. The number of ether oxygens (including phenoxy) is 2. The van der Waals surface area contributed by atoms with Crippen molar-refractivity contribution >= 4 is 21.8 Å². The van der Waals surface area contributed by atoms with E-state index in [0.717, 1.165) is 11.3 Å². The summed E-state index contributed by atoms with van der Waals surface area (Å²) in [5, 5.41) is 5.14. The van der Waals surface area contributed by atoms with Crippen molar-refractivity contribution < 1.29 is 27.5 Å². The second-order valence-electron chi connectivity index (χ2n) is 7.61. The third kappa shape index (κ3) is 5.88. The maximum absolute atomic E-state index is 12.7. The van der Waals surface area contributed by atoms with Gasteiger partial charge >= 0.3 is 5.97 Å². The molecule has 0 bridgehead atoms. The highest BCUT2D eigenvalue weighted by molar-refractivity contribution is 7.89. The standard InChI is InChI=1S/C24H26N2O6S/c1-16-6-4-5-7-23(16)31-13-12-24(28)32-15-22(27)21-14-17(2)26(18(21)3)19-8-10-20(11-9-19)33(25,29)30/h4-11,14H,12-13,15H2,1-3H3,(H2,25,29,30). The molecule has 8 nitrogen and oxygen atoms in total. The minimum atomic E-state index is -3.79. The van der Waals surface area contributed by atoms with Crippen molar-refractivity contribution in [3.8, 4) is 11.4 Å². The fourth-order valence-corrected chi connectivity index (χ4v) is 4.00. The largest absolute Gasteiger partial charge is 0.493 e. The van der Waals surface area contributed by atoms with Gasteiger partial charge in [-0.1, -0.05) is 18.2 Å². The topological polar surface area (TPSA) is 118 Å². The van der Waals surface area contributed by atoms with Gasteiger partial charge < -0.3 is 14.0 Å². The quantitative estimate of drug-likeness (QED) is 0.379. The number of nitrogens with two attached hydrogens (primary N) is 1. The number of carbonyl (C=O) groups is 2. The maximum atomic E-state index is 12.7. The molecule has 0 aliphatic rings. The molecule has 3 aromatic rings. The van der Waals surface area contributed by atoms with Gasteiger partial charge in [-0.25, -0.2) is 13.6 Å². The van der Waals surface area contributed by atoms with E-state index < -0.39 is 16.0 Å². The first kappa shape index (κ1) is 24.2. The van der Waals surface area contributed by atoms with Crippen molar-refractivity contribution in [3.05, 3.63) is 77.1 Å². The van der Waals surface area contributed by atoms with Crippen LogP contribution in [0.15, 0.2) is 59.5 Å². The average Bonchev–Trinajstić information content (AvgIpc) is 3.07. The van der Waals surface area contributed by atoms with Gasteiger partial charge in [0.05, 0.1) is 17.9 Å². The van der Waals surface area contributed by atoms with Gasteiger partial charge in [-0.2, -0.15) is 0 Å². The van der Waals surface area contributed by atoms with Crippen molar-refractivity contribution in [1.29, 1.82) is 0 Å². The molecule has 0 unspecified atom stereocenters. The van der Waals surface area contributed by atoms with E-state index in [2.05, 4.69) is 0 Å². The number of nitrogens with zero attached hydrogens (tertiary/aromatic N) is 1. The Morgan fingerprint density at radius 3 is 2.30 bits per heavy atom. The molecule has 2 aromatic carbocycles. The van der Waals surface area contributed by atoms with Crippen molar-refractivity contribution in [1.82, 2.24) is 4.57 Å². The Morgan fingerprint density at radius 1 is 1.00 bits per heavy atom. The van der Waals surface area contributed by atoms with Gasteiger partial charge in [-0.3, -0.25) is 9.59 Å². The van der Waals surface area contributed by atoms with Gasteiger partial charge in [-0.15, -0.1) is 0 Å². The van der Waals surface area contributed by atoms with E-state index in [-0.39, 0.29) is 30.3 Å². The molecule has 0 saturated carbocycles. The normalized spacial score (nSPS) is 11.3. The minimum Gasteiger partial charge on any atom is -0.493 e. The van der Waals surface area contributed by atoms with Crippen LogP contribution in [0.5, 0.6) is 5.75 Å². The number of benzene rings is 2. The Bertz CT molecular complexity index is 1280. The zero-order valence-corrected chi connectivity index (χ0v) is 19.5. The van der Waals surface area contributed by atoms with Crippen LogP contribution in [0.1, 0.15) is 33.7 Å². The van der Waals surface area contributed by atoms with Gasteiger partial charge in [0.2, 0.25) is 15.8 Å². The highest BCUT2D eigenvalue weighted by Gasteiger charge is 2.19. The number of rotatable bonds is 9. The summed E-state index contributed by atoms with van der Waals surface area (Å²) in [7, 11) is -3.79. The van der Waals surface area contributed by atoms with Crippen LogP contribution >= 0.6 is 0 Å². The summed E-state index contributed by atoms with van der Waals surface area (Å²) >= 11 is 0. The smallest absolute Gasteiger partial charge is 0.309 e. The molecule has 2 N–H and O–H groups in total. The van der Waals surface area contributed by atoms with Crippen LogP contribution in [-0.2, 0) is 19.6 Å². The summed E-state index contributed by atoms with van der Waals surface area (Å²) in [4.78, 5) is 24.7. The summed E-state index contributed by atoms with van der Waals surface area (Å²) in [6.07, 6.45) is 0.0248. The zero-order chi connectivity index (χ0) is 24.2. The Morgan fingerprint density at radius 2 is 1.67 bits per heavy atom. The summed E-state index contributed by atoms with van der Waals surface area (Å²) in [5.41, 5.74) is 3.50. The summed E-state index contributed by atoms with van der Waals surface area (Å²) < 4.78 is 35.5. The van der Waals surface area contributed by atoms with E-state index in [4.69, 9.17) is 14.6 Å². The number of ketones is 1. The second kappa shape index (κ2) is 10.0. The third-order valence-electron chi connectivity index (χ3n) is 5.18. The van der Waals surface area contributed by atoms with Gasteiger partial charge in [0.25, 0.3) is 0 Å². The molecule has 174 valence electrons. The molecule has 3 rings (SSSR count). The summed E-state index contributed by atoms with van der Waals surface area (Å²) in [6, 6.07) is 15.2. The fourth-order valence-electron chi connectivity index (χ4n) is 3.49. The van der Waals surface area contributed by atoms with Crippen LogP contribution < -0.4 is 9.88 Å². The van der Waals surface area contributed by atoms with E-state index >= 15 is 0 Å². The highest BCUT2D eigenvalue weighted by Crippen LogP contribution is 2.22. The number of hydrogen-bond acceptors (Lipinski definition) is 6. The van der Waals surface area contributed by atoms with Crippen LogP contribution in [0.2, 0.25) is 0 Å². The van der Waals surface area contributed by atoms with Gasteiger partial charge in [0, 0.05) is 22.6 Å². The number of carbonyl (C=O) groups excluding carboxylic acids is 2. The van der Waals surface area contributed by atoms with Crippen LogP contribution in [0.4, 0.5) is 0 Å². The lowest BCUT2D eigenvalue weighted by Gasteiger charge is -2.11. The lowest BCUT2D eigenvalue weighted by Crippen LogP contribution is -2.16. The van der Waals surface area contributed by atoms with Crippen molar-refractivity contribution in [2.24, 2.45) is 5.14 Å². The number of hydrogen-bond donors (Lipinski definition) is 1. The number of Topliss-reactive ketones (excluding diaryl/α,β-unsaturated/α-hetero) is 1. The van der Waals surface area contributed by atoms with Crippen molar-refractivity contribution in [3.63, 3.8) is 0 Å².